The molecule has 0 saturated carbocycles. The number of benzene rings is 3. The van der Waals surface area contributed by atoms with Crippen molar-refractivity contribution in [2.24, 2.45) is 0 Å². The van der Waals surface area contributed by atoms with Crippen molar-refractivity contribution in [3.05, 3.63) is 95.4 Å². The van der Waals surface area contributed by atoms with E-state index in [2.05, 4.69) is 51.2 Å². The van der Waals surface area contributed by atoms with E-state index in [0.29, 0.717) is 5.56 Å². The molecule has 0 bridgehead atoms. The second-order valence-corrected chi connectivity index (χ2v) is 7.03. The minimum absolute atomic E-state index is 0.0581. The lowest BCUT2D eigenvalue weighted by Crippen LogP contribution is -2.37. The zero-order chi connectivity index (χ0) is 17.9. The van der Waals surface area contributed by atoms with Crippen molar-refractivity contribution in [2.45, 2.75) is 6.54 Å². The minimum Gasteiger partial charge on any atom is -0.290 e. The van der Waals surface area contributed by atoms with E-state index in [1.165, 1.54) is 10.8 Å². The van der Waals surface area contributed by atoms with Crippen molar-refractivity contribution in [1.82, 2.24) is 4.98 Å². The predicted molar refractivity (Wildman–Crippen MR) is 106 cm³/mol. The molecular formula is C22H16BrN2O+. The molecule has 1 heterocycles. The van der Waals surface area contributed by atoms with Gasteiger partial charge in [-0.2, -0.15) is 0 Å². The number of rotatable bonds is 4. The van der Waals surface area contributed by atoms with Crippen molar-refractivity contribution in [3.63, 3.8) is 0 Å². The molecular weight excluding hydrogens is 388 g/mol. The molecule has 0 saturated heterocycles. The summed E-state index contributed by atoms with van der Waals surface area (Å²) < 4.78 is 2.76. The number of nitrogens with zero attached hydrogens (tertiary/aromatic N) is 2. The summed E-state index contributed by atoms with van der Waals surface area (Å²) in [6.07, 6.45) is 3.61. The van der Waals surface area contributed by atoms with Gasteiger partial charge in [-0.05, 0) is 40.0 Å². The average Bonchev–Trinajstić information content (AvgIpc) is 2.68. The summed E-state index contributed by atoms with van der Waals surface area (Å²) in [5, 5.41) is 2.40. The summed E-state index contributed by atoms with van der Waals surface area (Å²) >= 11 is 3.38. The summed E-state index contributed by atoms with van der Waals surface area (Å²) in [5.41, 5.74) is 2.65. The third kappa shape index (κ3) is 3.55. The van der Waals surface area contributed by atoms with Crippen LogP contribution in [0.4, 0.5) is 0 Å². The number of fused-ring (bicyclic) bond motifs is 1. The number of hydrogen-bond donors (Lipinski definition) is 0. The lowest BCUT2D eigenvalue weighted by molar-refractivity contribution is -0.686. The Balaban J connectivity index is 1.54. The first-order valence-electron chi connectivity index (χ1n) is 8.32. The van der Waals surface area contributed by atoms with Crippen LogP contribution in [0.3, 0.4) is 0 Å². The second-order valence-electron chi connectivity index (χ2n) is 6.11. The van der Waals surface area contributed by atoms with Gasteiger partial charge in [0.25, 0.3) is 6.33 Å². The predicted octanol–water partition coefficient (Wildman–Crippen LogP) is 4.83. The van der Waals surface area contributed by atoms with Crippen LogP contribution in [-0.2, 0) is 6.54 Å². The Bertz CT molecular complexity index is 1070. The van der Waals surface area contributed by atoms with Crippen molar-refractivity contribution in [1.29, 1.82) is 0 Å². The number of Topliss-reactive ketones (excluding diaryl/α,β-unsaturated/α-hetero) is 1. The minimum atomic E-state index is 0.0581. The summed E-state index contributed by atoms with van der Waals surface area (Å²) in [5.74, 6) is 0.0581. The molecule has 4 aromatic rings. The summed E-state index contributed by atoms with van der Waals surface area (Å²) in [6, 6.07) is 23.9. The maximum absolute atomic E-state index is 12.4. The quantitative estimate of drug-likeness (QED) is 0.361. The SMILES string of the molecule is O=C(C[n+]1ccc(-c2ccc3ccccc3c2)nc1)c1ccc(Br)cc1. The number of halogens is 1. The molecule has 4 heteroatoms. The topological polar surface area (TPSA) is 33.8 Å². The number of aromatic nitrogens is 2. The molecule has 0 aliphatic heterocycles. The molecule has 26 heavy (non-hydrogen) atoms. The van der Waals surface area contributed by atoms with E-state index in [-0.39, 0.29) is 12.3 Å². The van der Waals surface area contributed by atoms with Crippen molar-refractivity contribution in [3.8, 4) is 11.3 Å². The van der Waals surface area contributed by atoms with E-state index in [0.717, 1.165) is 15.7 Å². The molecule has 0 N–H and O–H groups in total. The fourth-order valence-corrected chi connectivity index (χ4v) is 3.15. The van der Waals surface area contributed by atoms with Crippen LogP contribution in [0.2, 0.25) is 0 Å². The van der Waals surface area contributed by atoms with Gasteiger partial charge in [0.15, 0.2) is 12.2 Å². The molecule has 0 amide bonds. The summed E-state index contributed by atoms with van der Waals surface area (Å²) in [7, 11) is 0. The maximum atomic E-state index is 12.4. The fourth-order valence-electron chi connectivity index (χ4n) is 2.89. The Morgan fingerprint density at radius 3 is 2.42 bits per heavy atom. The molecule has 0 spiro atoms. The highest BCUT2D eigenvalue weighted by molar-refractivity contribution is 9.10. The van der Waals surface area contributed by atoms with Crippen LogP contribution < -0.4 is 4.57 Å². The zero-order valence-corrected chi connectivity index (χ0v) is 15.6. The Kier molecular flexibility index (Phi) is 4.59. The summed E-state index contributed by atoms with van der Waals surface area (Å²) in [4.78, 5) is 16.9. The Labute approximate surface area is 160 Å². The highest BCUT2D eigenvalue weighted by Crippen LogP contribution is 2.22. The molecule has 0 aliphatic carbocycles. The molecule has 0 atom stereocenters. The van der Waals surface area contributed by atoms with Crippen LogP contribution in [0, 0.1) is 0 Å². The van der Waals surface area contributed by atoms with E-state index in [9.17, 15) is 4.79 Å². The van der Waals surface area contributed by atoms with E-state index >= 15 is 0 Å². The van der Waals surface area contributed by atoms with Crippen LogP contribution in [0.5, 0.6) is 0 Å². The van der Waals surface area contributed by atoms with Crippen molar-refractivity contribution < 1.29 is 9.36 Å². The standard InChI is InChI=1S/C22H16BrN2O/c23-20-9-7-17(8-10-20)22(26)14-25-12-11-21(24-15-25)19-6-5-16-3-1-2-4-18(16)13-19/h1-13,15H,14H2/q+1. The van der Waals surface area contributed by atoms with Crippen molar-refractivity contribution in [2.75, 3.05) is 0 Å². The number of carbonyl (C=O) groups is 1. The molecule has 126 valence electrons. The molecule has 1 aromatic heterocycles. The lowest BCUT2D eigenvalue weighted by Gasteiger charge is -2.02. The Morgan fingerprint density at radius 2 is 1.69 bits per heavy atom. The number of ketones is 1. The fraction of sp³-hybridized carbons (Fsp3) is 0.0455. The maximum Gasteiger partial charge on any atom is 0.287 e. The normalized spacial score (nSPS) is 10.8. The molecule has 0 unspecified atom stereocenters. The van der Waals surface area contributed by atoms with Gasteiger partial charge >= 0.3 is 0 Å². The molecule has 3 aromatic carbocycles. The highest BCUT2D eigenvalue weighted by Gasteiger charge is 2.12. The van der Waals surface area contributed by atoms with E-state index in [1.807, 2.05) is 48.7 Å². The molecule has 0 fully saturated rings. The van der Waals surface area contributed by atoms with Gasteiger partial charge in [-0.1, -0.05) is 58.4 Å². The zero-order valence-electron chi connectivity index (χ0n) is 14.0. The van der Waals surface area contributed by atoms with Gasteiger partial charge in [-0.3, -0.25) is 4.79 Å². The molecule has 0 radical (unpaired) electrons. The molecule has 0 aliphatic rings. The van der Waals surface area contributed by atoms with Gasteiger partial charge in [-0.15, -0.1) is 0 Å². The molecule has 3 nitrogen and oxygen atoms in total. The Morgan fingerprint density at radius 1 is 0.923 bits per heavy atom. The third-order valence-corrected chi connectivity index (χ3v) is 4.84. The van der Waals surface area contributed by atoms with Crippen LogP contribution in [-0.4, -0.2) is 10.8 Å². The van der Waals surface area contributed by atoms with E-state index in [4.69, 9.17) is 0 Å². The lowest BCUT2D eigenvalue weighted by atomic mass is 10.1. The number of carbonyl (C=O) groups excluding carboxylic acids is 1. The van der Waals surface area contributed by atoms with Gasteiger partial charge in [0, 0.05) is 21.7 Å². The third-order valence-electron chi connectivity index (χ3n) is 4.31. The van der Waals surface area contributed by atoms with Gasteiger partial charge in [0.05, 0.1) is 6.20 Å². The number of hydrogen-bond acceptors (Lipinski definition) is 2. The smallest absolute Gasteiger partial charge is 0.287 e. The largest absolute Gasteiger partial charge is 0.290 e. The van der Waals surface area contributed by atoms with Crippen LogP contribution in [0.15, 0.2) is 89.8 Å². The van der Waals surface area contributed by atoms with E-state index in [1.54, 1.807) is 10.9 Å². The average molecular weight is 404 g/mol. The second kappa shape index (κ2) is 7.18. The van der Waals surface area contributed by atoms with Crippen LogP contribution in [0.25, 0.3) is 22.0 Å². The first kappa shape index (κ1) is 16.6. The molecule has 4 rings (SSSR count). The van der Waals surface area contributed by atoms with Gasteiger partial charge in [0.2, 0.25) is 5.78 Å². The van der Waals surface area contributed by atoms with Crippen molar-refractivity contribution >= 4 is 32.5 Å². The highest BCUT2D eigenvalue weighted by atomic mass is 79.9. The van der Waals surface area contributed by atoms with Crippen LogP contribution in [0.1, 0.15) is 10.4 Å². The summed E-state index contributed by atoms with van der Waals surface area (Å²) in [6.45, 7) is 0.270. The van der Waals surface area contributed by atoms with E-state index < -0.39 is 0 Å². The Hall–Kier alpha value is -2.85. The van der Waals surface area contributed by atoms with Gasteiger partial charge in [0.1, 0.15) is 0 Å². The first-order valence-corrected chi connectivity index (χ1v) is 9.11. The first-order chi connectivity index (χ1) is 12.7. The van der Waals surface area contributed by atoms with Gasteiger partial charge < -0.3 is 0 Å². The van der Waals surface area contributed by atoms with Crippen LogP contribution >= 0.6 is 15.9 Å². The van der Waals surface area contributed by atoms with Gasteiger partial charge in [-0.25, -0.2) is 4.57 Å². The monoisotopic (exact) mass is 403 g/mol.